The largest absolute Gasteiger partial charge is 0.744 e. The van der Waals surface area contributed by atoms with Gasteiger partial charge in [-0.15, -0.1) is 0 Å². The average molecular weight is 765 g/mol. The van der Waals surface area contributed by atoms with Crippen molar-refractivity contribution < 1.29 is 53.4 Å². The molecule has 0 saturated carbocycles. The first-order chi connectivity index (χ1) is 23.5. The van der Waals surface area contributed by atoms with Crippen molar-refractivity contribution in [1.82, 2.24) is 0 Å². The third kappa shape index (κ3) is 9.42. The van der Waals surface area contributed by atoms with E-state index < -0.39 is 52.9 Å². The second kappa shape index (κ2) is 15.1. The van der Waals surface area contributed by atoms with E-state index >= 15 is 0 Å². The third-order valence-corrected chi connectivity index (χ3v) is 11.8. The number of hydrogen-bond donors (Lipinski definition) is 3. The number of benzene rings is 2. The molecule has 0 spiro atoms. The highest BCUT2D eigenvalue weighted by atomic mass is 32.2. The molecule has 0 fully saturated rings. The van der Waals surface area contributed by atoms with Gasteiger partial charge < -0.3 is 14.6 Å². The summed E-state index contributed by atoms with van der Waals surface area (Å²) in [5.41, 5.74) is 3.03. The van der Waals surface area contributed by atoms with Crippen LogP contribution in [0, 0.1) is 0 Å². The molecule has 0 radical (unpaired) electrons. The van der Waals surface area contributed by atoms with Gasteiger partial charge in [0.25, 0.3) is 20.2 Å². The zero-order valence-corrected chi connectivity index (χ0v) is 31.4. The summed E-state index contributed by atoms with van der Waals surface area (Å²) < 4.78 is 103. The molecule has 2 aliphatic heterocycles. The van der Waals surface area contributed by atoms with E-state index in [4.69, 9.17) is 9.66 Å². The molecule has 0 saturated heterocycles. The fraction of sp³-hybridized carbons (Fsp3) is 0.429. The third-order valence-electron chi connectivity index (χ3n) is 9.35. The summed E-state index contributed by atoms with van der Waals surface area (Å²) in [5, 5.41) is 9.00. The fourth-order valence-corrected chi connectivity index (χ4v) is 8.31. The van der Waals surface area contributed by atoms with Crippen LogP contribution in [-0.4, -0.2) is 79.1 Å². The molecule has 0 aromatic heterocycles. The first kappa shape index (κ1) is 40.1. The summed E-state index contributed by atoms with van der Waals surface area (Å²) >= 11 is 0. The number of nitrogens with zero attached hydrogens (tertiary/aromatic N) is 2. The van der Waals surface area contributed by atoms with Gasteiger partial charge in [0.2, 0.25) is 5.69 Å². The van der Waals surface area contributed by atoms with Gasteiger partial charge in [-0.2, -0.15) is 21.4 Å². The number of fused-ring (bicyclic) bond motifs is 2. The number of hydrogen-bond acceptors (Lipinski definition) is 9. The lowest BCUT2D eigenvalue weighted by Gasteiger charge is -2.27. The minimum absolute atomic E-state index is 0.0688. The Kier molecular flexibility index (Phi) is 11.9. The van der Waals surface area contributed by atoms with Crippen LogP contribution in [0.5, 0.6) is 0 Å². The maximum atomic E-state index is 12.0. The van der Waals surface area contributed by atoms with E-state index in [0.29, 0.717) is 55.6 Å². The van der Waals surface area contributed by atoms with Crippen LogP contribution in [0.2, 0.25) is 0 Å². The lowest BCUT2D eigenvalue weighted by atomic mass is 9.81. The van der Waals surface area contributed by atoms with Crippen LogP contribution >= 0.6 is 0 Å². The van der Waals surface area contributed by atoms with E-state index in [9.17, 15) is 39.2 Å². The summed E-state index contributed by atoms with van der Waals surface area (Å²) in [6.45, 7) is 8.60. The standard InChI is InChI=1S/C35H44N2O11S3/c1-34(2)27-23-25(50(43,44)45)16-18-29(27)36(20-10-6-9-15-33(38)39)31(34)13-7-5-8-14-32-35(3,4)28-24-26(51(46,47)48)17-19-30(28)37(32)21-11-12-22-49(40,41)42/h5,7-8,13-14,16-19,23-24H,6,9-12,15,20-22H2,1-4H3,(H3-,38,39,40,41,42,43,44,45,46,47,48). The highest BCUT2D eigenvalue weighted by molar-refractivity contribution is 7.86. The van der Waals surface area contributed by atoms with Gasteiger partial charge in [0.05, 0.1) is 21.0 Å². The van der Waals surface area contributed by atoms with E-state index in [1.807, 2.05) is 50.5 Å². The van der Waals surface area contributed by atoms with E-state index in [1.54, 1.807) is 24.3 Å². The maximum Gasteiger partial charge on any atom is 0.303 e. The molecule has 2 aliphatic rings. The molecular weight excluding hydrogens is 721 g/mol. The zero-order valence-electron chi connectivity index (χ0n) is 28.9. The lowest BCUT2D eigenvalue weighted by Crippen LogP contribution is -2.28. The van der Waals surface area contributed by atoms with Gasteiger partial charge in [0, 0.05) is 53.9 Å². The van der Waals surface area contributed by atoms with E-state index in [0.717, 1.165) is 17.1 Å². The molecule has 4 rings (SSSR count). The Morgan fingerprint density at radius 3 is 2.12 bits per heavy atom. The minimum Gasteiger partial charge on any atom is -0.744 e. The molecule has 2 aromatic rings. The first-order valence-corrected chi connectivity index (χ1v) is 20.9. The van der Waals surface area contributed by atoms with Crippen molar-refractivity contribution >= 4 is 53.4 Å². The Morgan fingerprint density at radius 1 is 0.824 bits per heavy atom. The molecule has 0 amide bonds. The molecule has 2 aromatic carbocycles. The predicted molar refractivity (Wildman–Crippen MR) is 192 cm³/mol. The fourth-order valence-electron chi connectivity index (χ4n) is 6.74. The van der Waals surface area contributed by atoms with Gasteiger partial charge in [0.1, 0.15) is 16.7 Å². The molecule has 3 N–H and O–H groups in total. The van der Waals surface area contributed by atoms with Crippen molar-refractivity contribution in [3.8, 4) is 0 Å². The van der Waals surface area contributed by atoms with Crippen molar-refractivity contribution in [3.63, 3.8) is 0 Å². The molecule has 51 heavy (non-hydrogen) atoms. The summed E-state index contributed by atoms with van der Waals surface area (Å²) in [7, 11) is -13.3. The van der Waals surface area contributed by atoms with Crippen molar-refractivity contribution in [1.29, 1.82) is 0 Å². The molecular formula is C35H44N2O11S3. The van der Waals surface area contributed by atoms with Crippen LogP contribution in [0.25, 0.3) is 0 Å². The highest BCUT2D eigenvalue weighted by Crippen LogP contribution is 2.48. The summed E-state index contributed by atoms with van der Waals surface area (Å²) in [6.07, 6.45) is 11.8. The molecule has 0 bridgehead atoms. The molecule has 0 atom stereocenters. The molecule has 2 heterocycles. The molecule has 278 valence electrons. The van der Waals surface area contributed by atoms with Crippen molar-refractivity contribution in [2.45, 2.75) is 86.8 Å². The number of unbranched alkanes of at least 4 members (excludes halogenated alkanes) is 3. The van der Waals surface area contributed by atoms with Crippen LogP contribution in [0.3, 0.4) is 0 Å². The van der Waals surface area contributed by atoms with Crippen molar-refractivity contribution in [3.05, 3.63) is 83.6 Å². The van der Waals surface area contributed by atoms with Crippen LogP contribution in [0.1, 0.15) is 77.3 Å². The van der Waals surface area contributed by atoms with Crippen LogP contribution in [0.4, 0.5) is 11.4 Å². The number of rotatable bonds is 16. The first-order valence-electron chi connectivity index (χ1n) is 16.4. The maximum absolute atomic E-state index is 12.0. The monoisotopic (exact) mass is 764 g/mol. The van der Waals surface area contributed by atoms with Crippen LogP contribution < -0.4 is 4.90 Å². The number of carboxylic acids is 1. The topological polar surface area (TPSA) is 209 Å². The van der Waals surface area contributed by atoms with Gasteiger partial charge >= 0.3 is 5.97 Å². The quantitative estimate of drug-likeness (QED) is 0.0859. The highest BCUT2D eigenvalue weighted by Gasteiger charge is 2.44. The van der Waals surface area contributed by atoms with Gasteiger partial charge in [-0.25, -0.2) is 8.42 Å². The number of carbonyl (C=O) groups is 1. The molecule has 13 nitrogen and oxygen atoms in total. The Balaban J connectivity index is 1.67. The molecule has 16 heteroatoms. The minimum atomic E-state index is -4.71. The Bertz CT molecular complexity index is 2150. The SMILES string of the molecule is CC1(C)C(/C=C/C=C/C=C2\N(CCCCCC(=O)O)c3ccc(S(=O)(=O)O)cc3C2(C)C)=[N+](CCCCS(=O)(=O)O)c2ccc(S(=O)(=O)[O-])cc21. The molecule has 0 unspecified atom stereocenters. The Morgan fingerprint density at radius 2 is 1.49 bits per heavy atom. The predicted octanol–water partition coefficient (Wildman–Crippen LogP) is 5.32. The molecule has 0 aliphatic carbocycles. The van der Waals surface area contributed by atoms with E-state index in [-0.39, 0.29) is 22.6 Å². The van der Waals surface area contributed by atoms with Crippen molar-refractivity contribution in [2.75, 3.05) is 23.7 Å². The van der Waals surface area contributed by atoms with Gasteiger partial charge in [0.15, 0.2) is 5.71 Å². The second-order valence-electron chi connectivity index (χ2n) is 13.7. The van der Waals surface area contributed by atoms with E-state index in [2.05, 4.69) is 4.90 Å². The zero-order chi connectivity index (χ0) is 38.0. The number of anilines is 1. The van der Waals surface area contributed by atoms with Gasteiger partial charge in [-0.05, 0) is 75.1 Å². The lowest BCUT2D eigenvalue weighted by molar-refractivity contribution is -0.438. The number of carboxylic acid groups (broad SMARTS) is 1. The normalized spacial score (nSPS) is 17.9. The van der Waals surface area contributed by atoms with Gasteiger partial charge in [-0.3, -0.25) is 13.9 Å². The summed E-state index contributed by atoms with van der Waals surface area (Å²) in [5.74, 6) is -1.26. The van der Waals surface area contributed by atoms with Crippen molar-refractivity contribution in [2.24, 2.45) is 0 Å². The smallest absolute Gasteiger partial charge is 0.303 e. The van der Waals surface area contributed by atoms with Crippen LogP contribution in [0.15, 0.2) is 82.3 Å². The summed E-state index contributed by atoms with van der Waals surface area (Å²) in [4.78, 5) is 12.5. The summed E-state index contributed by atoms with van der Waals surface area (Å²) in [6, 6.07) is 8.66. The van der Waals surface area contributed by atoms with E-state index in [1.165, 1.54) is 24.3 Å². The second-order valence-corrected chi connectivity index (χ2v) is 18.1. The number of allylic oxidation sites excluding steroid dienone is 6. The Labute approximate surface area is 300 Å². The number of aliphatic carboxylic acids is 1. The Hall–Kier alpha value is -3.67. The average Bonchev–Trinajstić information content (AvgIpc) is 3.35. The van der Waals surface area contributed by atoms with Gasteiger partial charge in [-0.1, -0.05) is 38.5 Å². The van der Waals surface area contributed by atoms with Crippen LogP contribution in [-0.2, 0) is 46.0 Å².